The monoisotopic (exact) mass is 487 g/mol. The van der Waals surface area contributed by atoms with E-state index in [0.29, 0.717) is 12.1 Å². The molecule has 3 aromatic carbocycles. The number of aryl methyl sites for hydroxylation is 1. The Morgan fingerprint density at radius 2 is 1.64 bits per heavy atom. The van der Waals surface area contributed by atoms with E-state index in [2.05, 4.69) is 20.4 Å². The third kappa shape index (κ3) is 6.15. The molecule has 184 valence electrons. The highest BCUT2D eigenvalue weighted by Gasteiger charge is 2.15. The molecule has 0 atom stereocenters. The number of para-hydroxylation sites is 1. The van der Waals surface area contributed by atoms with Crippen LogP contribution in [0, 0.1) is 5.82 Å². The maximum atomic E-state index is 13.4. The van der Waals surface area contributed by atoms with E-state index in [0.717, 1.165) is 33.3 Å². The van der Waals surface area contributed by atoms with Crippen LogP contribution in [0.1, 0.15) is 17.5 Å². The first-order valence-electron chi connectivity index (χ1n) is 11.5. The van der Waals surface area contributed by atoms with Gasteiger partial charge in [-0.3, -0.25) is 14.4 Å². The van der Waals surface area contributed by atoms with E-state index in [4.69, 9.17) is 0 Å². The van der Waals surface area contributed by atoms with Crippen LogP contribution >= 0.6 is 0 Å². The molecular weight excluding hydrogens is 461 g/mol. The lowest BCUT2D eigenvalue weighted by Gasteiger charge is -2.08. The van der Waals surface area contributed by atoms with Crippen LogP contribution in [-0.2, 0) is 32.0 Å². The van der Waals surface area contributed by atoms with E-state index in [1.807, 2.05) is 24.3 Å². The summed E-state index contributed by atoms with van der Waals surface area (Å²) in [5.41, 5.74) is 5.06. The highest BCUT2D eigenvalue weighted by Crippen LogP contribution is 2.31. The maximum Gasteiger partial charge on any atom is 0.325 e. The third-order valence-corrected chi connectivity index (χ3v) is 5.81. The predicted octanol–water partition coefficient (Wildman–Crippen LogP) is 4.38. The molecule has 0 radical (unpaired) electrons. The number of carbonyl (C=O) groups is 3. The Bertz CT molecular complexity index is 1380. The van der Waals surface area contributed by atoms with Gasteiger partial charge in [0.25, 0.3) is 0 Å². The molecule has 1 aromatic heterocycles. The lowest BCUT2D eigenvalue weighted by molar-refractivity contribution is -0.141. The molecule has 3 N–H and O–H groups in total. The van der Waals surface area contributed by atoms with Crippen LogP contribution in [0.15, 0.2) is 72.8 Å². The zero-order valence-corrected chi connectivity index (χ0v) is 19.8. The molecule has 0 aliphatic carbocycles. The zero-order valence-electron chi connectivity index (χ0n) is 19.8. The minimum atomic E-state index is -0.515. The molecule has 2 amide bonds. The average Bonchev–Trinajstić information content (AvgIpc) is 3.26. The number of halogens is 1. The molecule has 0 aliphatic heterocycles. The molecule has 8 heteroatoms. The van der Waals surface area contributed by atoms with Gasteiger partial charge in [-0.15, -0.1) is 0 Å². The number of ether oxygens (including phenoxy) is 1. The normalized spacial score (nSPS) is 10.7. The van der Waals surface area contributed by atoms with Crippen molar-refractivity contribution in [3.63, 3.8) is 0 Å². The first-order chi connectivity index (χ1) is 17.4. The summed E-state index contributed by atoms with van der Waals surface area (Å²) in [6, 6.07) is 21.1. The summed E-state index contributed by atoms with van der Waals surface area (Å²) in [5, 5.41) is 6.40. The number of aromatic amines is 1. The summed E-state index contributed by atoms with van der Waals surface area (Å²) in [6.07, 6.45) is 0.868. The highest BCUT2D eigenvalue weighted by molar-refractivity contribution is 5.94. The predicted molar refractivity (Wildman–Crippen MR) is 136 cm³/mol. The van der Waals surface area contributed by atoms with Gasteiger partial charge in [0.15, 0.2) is 0 Å². The highest BCUT2D eigenvalue weighted by atomic mass is 19.1. The summed E-state index contributed by atoms with van der Waals surface area (Å²) >= 11 is 0. The Morgan fingerprint density at radius 3 is 2.36 bits per heavy atom. The second kappa shape index (κ2) is 11.3. The molecule has 0 unspecified atom stereocenters. The van der Waals surface area contributed by atoms with Gasteiger partial charge in [-0.25, -0.2) is 4.39 Å². The maximum absolute atomic E-state index is 13.4. The van der Waals surface area contributed by atoms with Crippen LogP contribution in [0.25, 0.3) is 22.2 Å². The van der Waals surface area contributed by atoms with Crippen molar-refractivity contribution in [2.75, 3.05) is 19.0 Å². The topological polar surface area (TPSA) is 100 Å². The van der Waals surface area contributed by atoms with Crippen molar-refractivity contribution in [1.82, 2.24) is 10.3 Å². The average molecular weight is 488 g/mol. The minimum absolute atomic E-state index is 0.109. The largest absolute Gasteiger partial charge is 0.468 e. The van der Waals surface area contributed by atoms with Crippen LogP contribution in [0.4, 0.5) is 10.1 Å². The molecule has 0 saturated carbocycles. The Hall–Kier alpha value is -4.46. The smallest absolute Gasteiger partial charge is 0.325 e. The van der Waals surface area contributed by atoms with E-state index in [1.165, 1.54) is 19.2 Å². The van der Waals surface area contributed by atoms with Crippen LogP contribution in [-0.4, -0.2) is 36.4 Å². The van der Waals surface area contributed by atoms with Gasteiger partial charge in [0.2, 0.25) is 11.8 Å². The van der Waals surface area contributed by atoms with Gasteiger partial charge in [-0.2, -0.15) is 0 Å². The van der Waals surface area contributed by atoms with Crippen molar-refractivity contribution < 1.29 is 23.5 Å². The van der Waals surface area contributed by atoms with E-state index in [9.17, 15) is 18.8 Å². The number of hydrogen-bond donors (Lipinski definition) is 3. The quantitative estimate of drug-likeness (QED) is 0.305. The molecule has 4 rings (SSSR count). The standard InChI is InChI=1S/C28H26FN3O4/c1-36-27(35)17-30-26(34)16-18-6-12-21(13-7-18)31-25(33)15-14-23-22-4-2-3-5-24(22)32-28(23)19-8-10-20(29)11-9-19/h2-13,32H,14-17H2,1H3,(H,30,34)(H,31,33). The van der Waals surface area contributed by atoms with Gasteiger partial charge < -0.3 is 20.4 Å². The molecule has 4 aromatic rings. The molecule has 0 saturated heterocycles. The van der Waals surface area contributed by atoms with E-state index in [1.54, 1.807) is 36.4 Å². The molecule has 0 bridgehead atoms. The molecule has 0 fully saturated rings. The van der Waals surface area contributed by atoms with Crippen LogP contribution < -0.4 is 10.6 Å². The van der Waals surface area contributed by atoms with E-state index < -0.39 is 5.97 Å². The molecular formula is C28H26FN3O4. The van der Waals surface area contributed by atoms with Crippen LogP contribution in [0.5, 0.6) is 0 Å². The van der Waals surface area contributed by atoms with Gasteiger partial charge in [-0.05, 0) is 65.6 Å². The van der Waals surface area contributed by atoms with Crippen molar-refractivity contribution in [1.29, 1.82) is 0 Å². The Labute approximate surface area is 207 Å². The number of H-pyrrole nitrogens is 1. The second-order valence-electron chi connectivity index (χ2n) is 8.31. The number of rotatable bonds is 9. The van der Waals surface area contributed by atoms with Crippen LogP contribution in [0.3, 0.4) is 0 Å². The lowest BCUT2D eigenvalue weighted by Crippen LogP contribution is -2.31. The van der Waals surface area contributed by atoms with E-state index in [-0.39, 0.29) is 37.0 Å². The molecule has 1 heterocycles. The summed E-state index contributed by atoms with van der Waals surface area (Å²) in [4.78, 5) is 39.1. The SMILES string of the molecule is COC(=O)CNC(=O)Cc1ccc(NC(=O)CCc2c(-c3ccc(F)cc3)[nH]c3ccccc23)cc1. The van der Waals surface area contributed by atoms with Crippen molar-refractivity contribution in [2.24, 2.45) is 0 Å². The summed E-state index contributed by atoms with van der Waals surface area (Å²) in [5.74, 6) is -1.26. The number of nitrogens with one attached hydrogen (secondary N) is 3. The van der Waals surface area contributed by atoms with Crippen molar-refractivity contribution >= 4 is 34.4 Å². The summed E-state index contributed by atoms with van der Waals surface area (Å²) in [6.45, 7) is -0.178. The number of anilines is 1. The van der Waals surface area contributed by atoms with E-state index >= 15 is 0 Å². The number of amides is 2. The lowest BCUT2D eigenvalue weighted by atomic mass is 10.0. The van der Waals surface area contributed by atoms with Gasteiger partial charge in [-0.1, -0.05) is 30.3 Å². The Kier molecular flexibility index (Phi) is 7.75. The fourth-order valence-corrected chi connectivity index (χ4v) is 3.98. The van der Waals surface area contributed by atoms with Gasteiger partial charge in [0, 0.05) is 28.7 Å². The van der Waals surface area contributed by atoms with Crippen molar-refractivity contribution in [3.8, 4) is 11.3 Å². The fourth-order valence-electron chi connectivity index (χ4n) is 3.98. The number of aromatic nitrogens is 1. The molecule has 0 aliphatic rings. The van der Waals surface area contributed by atoms with Crippen molar-refractivity contribution in [2.45, 2.75) is 19.3 Å². The van der Waals surface area contributed by atoms with Gasteiger partial charge >= 0.3 is 5.97 Å². The molecule has 36 heavy (non-hydrogen) atoms. The first kappa shape index (κ1) is 24.7. The van der Waals surface area contributed by atoms with Crippen LogP contribution in [0.2, 0.25) is 0 Å². The number of hydrogen-bond acceptors (Lipinski definition) is 4. The molecule has 7 nitrogen and oxygen atoms in total. The second-order valence-corrected chi connectivity index (χ2v) is 8.31. The minimum Gasteiger partial charge on any atom is -0.468 e. The fraction of sp³-hybridized carbons (Fsp3) is 0.179. The number of benzene rings is 3. The number of carbonyl (C=O) groups excluding carboxylic acids is 3. The Morgan fingerprint density at radius 1 is 0.917 bits per heavy atom. The number of methoxy groups -OCH3 is 1. The third-order valence-electron chi connectivity index (χ3n) is 5.81. The summed E-state index contributed by atoms with van der Waals surface area (Å²) < 4.78 is 17.9. The first-order valence-corrected chi connectivity index (χ1v) is 11.5. The number of fused-ring (bicyclic) bond motifs is 1. The summed E-state index contributed by atoms with van der Waals surface area (Å²) in [7, 11) is 1.26. The van der Waals surface area contributed by atoms with Crippen molar-refractivity contribution in [3.05, 3.63) is 89.7 Å². The zero-order chi connectivity index (χ0) is 25.5. The Balaban J connectivity index is 1.38. The molecule has 0 spiro atoms. The number of esters is 1. The van der Waals surface area contributed by atoms with Gasteiger partial charge in [0.05, 0.1) is 13.5 Å². The van der Waals surface area contributed by atoms with Gasteiger partial charge in [0.1, 0.15) is 12.4 Å².